The number of aliphatic hydroxyl groups is 1. The third-order valence-electron chi connectivity index (χ3n) is 9.41. The van der Waals surface area contributed by atoms with Crippen molar-refractivity contribution in [2.75, 3.05) is 20.1 Å². The largest absolute Gasteiger partial charge is 0.485 e. The summed E-state index contributed by atoms with van der Waals surface area (Å²) in [6.45, 7) is 4.18. The topological polar surface area (TPSA) is 193 Å². The fourth-order valence-electron chi connectivity index (χ4n) is 6.66. The molecule has 0 spiro atoms. The van der Waals surface area contributed by atoms with Crippen molar-refractivity contribution in [3.05, 3.63) is 65.8 Å². The summed E-state index contributed by atoms with van der Waals surface area (Å²) in [5.74, 6) is -0.718. The van der Waals surface area contributed by atoms with E-state index in [1.54, 1.807) is 30.5 Å². The van der Waals surface area contributed by atoms with Crippen molar-refractivity contribution in [1.82, 2.24) is 40.5 Å². The number of carbonyl (C=O) groups is 4. The first kappa shape index (κ1) is 38.3. The highest BCUT2D eigenvalue weighted by Gasteiger charge is 2.44. The van der Waals surface area contributed by atoms with Crippen LogP contribution in [-0.4, -0.2) is 103 Å². The molecular formula is C37H50N8O7. The molecular weight excluding hydrogens is 668 g/mol. The predicted molar refractivity (Wildman–Crippen MR) is 189 cm³/mol. The summed E-state index contributed by atoms with van der Waals surface area (Å²) in [4.78, 5) is 71.4. The first-order valence-electron chi connectivity index (χ1n) is 18.2. The van der Waals surface area contributed by atoms with E-state index in [0.29, 0.717) is 30.4 Å². The van der Waals surface area contributed by atoms with E-state index in [-0.39, 0.29) is 55.6 Å². The summed E-state index contributed by atoms with van der Waals surface area (Å²) in [7, 11) is 1.53. The average Bonchev–Trinajstić information content (AvgIpc) is 3.77. The summed E-state index contributed by atoms with van der Waals surface area (Å²) in [5, 5.41) is 20.7. The van der Waals surface area contributed by atoms with Gasteiger partial charge in [-0.25, -0.2) is 0 Å². The second-order valence-electron chi connectivity index (χ2n) is 14.0. The summed E-state index contributed by atoms with van der Waals surface area (Å²) in [6.07, 6.45) is 10.3. The molecule has 15 heteroatoms. The van der Waals surface area contributed by atoms with Crippen molar-refractivity contribution in [2.45, 2.75) is 109 Å². The van der Waals surface area contributed by atoms with Crippen LogP contribution in [0.25, 0.3) is 0 Å². The molecule has 0 unspecified atom stereocenters. The molecule has 0 aliphatic carbocycles. The highest BCUT2D eigenvalue weighted by atomic mass is 16.5. The normalized spacial score (nSPS) is 23.4. The Morgan fingerprint density at radius 3 is 2.54 bits per heavy atom. The molecule has 1 saturated heterocycles. The summed E-state index contributed by atoms with van der Waals surface area (Å²) in [5.41, 5.74) is 0.739. The van der Waals surface area contributed by atoms with E-state index in [1.807, 2.05) is 13.8 Å². The lowest BCUT2D eigenvalue weighted by Crippen LogP contribution is -2.57. The van der Waals surface area contributed by atoms with E-state index in [4.69, 9.17) is 9.26 Å². The molecule has 2 aromatic heterocycles. The van der Waals surface area contributed by atoms with Crippen molar-refractivity contribution in [2.24, 2.45) is 5.92 Å². The first-order valence-corrected chi connectivity index (χ1v) is 18.2. The number of nitrogens with one attached hydrogen (secondary N) is 2. The van der Waals surface area contributed by atoms with Crippen LogP contribution in [0.3, 0.4) is 0 Å². The van der Waals surface area contributed by atoms with E-state index >= 15 is 0 Å². The molecule has 2 aliphatic heterocycles. The van der Waals surface area contributed by atoms with Crippen LogP contribution in [0, 0.1) is 5.92 Å². The van der Waals surface area contributed by atoms with Crippen LogP contribution in [-0.2, 0) is 33.8 Å². The van der Waals surface area contributed by atoms with Crippen molar-refractivity contribution < 1.29 is 33.5 Å². The number of hydrogen-bond donors (Lipinski definition) is 3. The lowest BCUT2D eigenvalue weighted by Gasteiger charge is -2.34. The van der Waals surface area contributed by atoms with E-state index in [9.17, 15) is 24.3 Å². The third kappa shape index (κ3) is 10.3. The van der Waals surface area contributed by atoms with Gasteiger partial charge in [-0.05, 0) is 37.3 Å². The number of benzene rings is 1. The molecule has 4 amide bonds. The standard InChI is InChI=1S/C37H50N8O7/c1-24(2)18-28-36(49)45-22-26(46)20-30(45)37(50)44(3)29(19-25-21-38-16-17-39-25)35(48)40-15-11-7-5-4-6-8-14-33-42-32(43-52-33)23-51-31-13-10-9-12-27(31)34(47)41-28/h9-10,12-13,16-17,21,24,26,28-30,46H,4-8,11,14-15,18-20,22-23H2,1-3H3,(H,40,48)(H,41,47)/t26-,28+,29-,30+/m0/s1. The number of hydrogen-bond acceptors (Lipinski definition) is 11. The van der Waals surface area contributed by atoms with Crippen LogP contribution in [0.5, 0.6) is 5.75 Å². The van der Waals surface area contributed by atoms with Gasteiger partial charge in [0.2, 0.25) is 29.4 Å². The van der Waals surface area contributed by atoms with Crippen molar-refractivity contribution in [3.63, 3.8) is 0 Å². The van der Waals surface area contributed by atoms with Gasteiger partial charge in [0.15, 0.2) is 6.61 Å². The number of amides is 4. The molecule has 1 aromatic carbocycles. The molecule has 3 N–H and O–H groups in total. The minimum absolute atomic E-state index is 0.00192. The zero-order valence-corrected chi connectivity index (χ0v) is 30.2. The molecule has 4 atom stereocenters. The Hall–Kier alpha value is -4.92. The SMILES string of the molecule is CC(C)C[C@H]1NC(=O)c2ccccc2OCc2noc(n2)CCCCCCCCNC(=O)[C@H](Cc2cnccn2)N(C)C(=O)[C@H]2C[C@H](O)CN2C1=O. The highest BCUT2D eigenvalue weighted by molar-refractivity contribution is 6.00. The molecule has 4 heterocycles. The van der Waals surface area contributed by atoms with E-state index in [1.165, 1.54) is 29.2 Å². The Labute approximate surface area is 303 Å². The van der Waals surface area contributed by atoms with Gasteiger partial charge in [0.05, 0.1) is 17.4 Å². The maximum atomic E-state index is 14.3. The lowest BCUT2D eigenvalue weighted by molar-refractivity contribution is -0.147. The molecule has 280 valence electrons. The van der Waals surface area contributed by atoms with Crippen molar-refractivity contribution >= 4 is 23.6 Å². The van der Waals surface area contributed by atoms with Gasteiger partial charge < -0.3 is 34.8 Å². The van der Waals surface area contributed by atoms with Crippen LogP contribution in [0.4, 0.5) is 0 Å². The van der Waals surface area contributed by atoms with Gasteiger partial charge in [0.25, 0.3) is 5.91 Å². The number of aromatic nitrogens is 4. The van der Waals surface area contributed by atoms with Crippen LogP contribution >= 0.6 is 0 Å². The number of carbonyl (C=O) groups excluding carboxylic acids is 4. The van der Waals surface area contributed by atoms with Crippen molar-refractivity contribution in [3.8, 4) is 5.75 Å². The van der Waals surface area contributed by atoms with E-state index in [2.05, 4.69) is 30.7 Å². The Kier molecular flexibility index (Phi) is 13.7. The number of para-hydroxylation sites is 1. The Morgan fingerprint density at radius 1 is 1.00 bits per heavy atom. The zero-order chi connectivity index (χ0) is 37.0. The summed E-state index contributed by atoms with van der Waals surface area (Å²) < 4.78 is 11.4. The average molecular weight is 719 g/mol. The number of nitrogens with zero attached hydrogens (tertiary/aromatic N) is 6. The van der Waals surface area contributed by atoms with Gasteiger partial charge in [-0.2, -0.15) is 4.98 Å². The lowest BCUT2D eigenvalue weighted by atomic mass is 10.0. The van der Waals surface area contributed by atoms with Gasteiger partial charge in [0, 0.05) is 58.0 Å². The smallest absolute Gasteiger partial charge is 0.255 e. The van der Waals surface area contributed by atoms with Gasteiger partial charge in [0.1, 0.15) is 23.9 Å². The molecule has 0 saturated carbocycles. The van der Waals surface area contributed by atoms with Crippen molar-refractivity contribution in [1.29, 1.82) is 0 Å². The van der Waals surface area contributed by atoms with Crippen LogP contribution in [0.2, 0.25) is 0 Å². The monoisotopic (exact) mass is 718 g/mol. The number of aryl methyl sites for hydroxylation is 1. The number of rotatable bonds is 4. The predicted octanol–water partition coefficient (Wildman–Crippen LogP) is 2.63. The van der Waals surface area contributed by atoms with Crippen LogP contribution < -0.4 is 15.4 Å². The van der Waals surface area contributed by atoms with Crippen LogP contribution in [0.1, 0.15) is 93.0 Å². The molecule has 2 bridgehead atoms. The van der Waals surface area contributed by atoms with Gasteiger partial charge >= 0.3 is 0 Å². The zero-order valence-electron chi connectivity index (χ0n) is 30.2. The minimum atomic E-state index is -1.05. The summed E-state index contributed by atoms with van der Waals surface area (Å²) >= 11 is 0. The number of fused-ring (bicyclic) bond motifs is 4. The number of likely N-dealkylation sites (N-methyl/N-ethyl adjacent to an activating group) is 1. The van der Waals surface area contributed by atoms with E-state index in [0.717, 1.165) is 38.5 Å². The molecule has 1 fully saturated rings. The van der Waals surface area contributed by atoms with E-state index < -0.39 is 42.0 Å². The number of ether oxygens (including phenoxy) is 1. The fraction of sp³-hybridized carbons (Fsp3) is 0.568. The Bertz CT molecular complexity index is 1650. The molecule has 15 nitrogen and oxygen atoms in total. The maximum absolute atomic E-state index is 14.3. The van der Waals surface area contributed by atoms with Crippen LogP contribution in [0.15, 0.2) is 47.4 Å². The molecule has 52 heavy (non-hydrogen) atoms. The minimum Gasteiger partial charge on any atom is -0.485 e. The van der Waals surface area contributed by atoms with Gasteiger partial charge in [-0.3, -0.25) is 29.1 Å². The molecule has 5 rings (SSSR count). The Balaban J connectivity index is 1.41. The second-order valence-corrected chi connectivity index (χ2v) is 14.0. The third-order valence-corrected chi connectivity index (χ3v) is 9.41. The Morgan fingerprint density at radius 2 is 1.77 bits per heavy atom. The number of aliphatic hydroxyl groups excluding tert-OH is 1. The highest BCUT2D eigenvalue weighted by Crippen LogP contribution is 2.25. The van der Waals surface area contributed by atoms with Gasteiger partial charge in [-0.1, -0.05) is 56.8 Å². The maximum Gasteiger partial charge on any atom is 0.255 e. The molecule has 0 radical (unpaired) electrons. The summed E-state index contributed by atoms with van der Waals surface area (Å²) in [6, 6.07) is 3.68. The van der Waals surface area contributed by atoms with Gasteiger partial charge in [-0.15, -0.1) is 0 Å². The molecule has 2 aliphatic rings. The first-order chi connectivity index (χ1) is 25.1. The second kappa shape index (κ2) is 18.5. The quantitative estimate of drug-likeness (QED) is 0.359. The molecule has 3 aromatic rings. The fourth-order valence-corrected chi connectivity index (χ4v) is 6.66.